The van der Waals surface area contributed by atoms with E-state index >= 15 is 0 Å². The molecule has 0 spiro atoms. The molecule has 2 aromatic heterocycles. The average Bonchev–Trinajstić information content (AvgIpc) is 3.06. The fourth-order valence-corrected chi connectivity index (χ4v) is 3.24. The van der Waals surface area contributed by atoms with E-state index < -0.39 is 0 Å². The Hall–Kier alpha value is -3.22. The average molecular weight is 366 g/mol. The quantitative estimate of drug-likeness (QED) is 0.727. The van der Waals surface area contributed by atoms with Gasteiger partial charge in [-0.15, -0.1) is 0 Å². The lowest BCUT2D eigenvalue weighted by Crippen LogP contribution is -2.30. The molecule has 1 aromatic carbocycles. The number of carbonyl (C=O) groups is 1. The number of carbonyl (C=O) groups excluding carboxylic acids is 1. The highest BCUT2D eigenvalue weighted by Gasteiger charge is 2.13. The molecule has 2 amide bonds. The number of rotatable bonds is 5. The molecule has 0 saturated heterocycles. The normalized spacial score (nSPS) is 12.8. The van der Waals surface area contributed by atoms with Gasteiger partial charge in [0.25, 0.3) is 0 Å². The van der Waals surface area contributed by atoms with Gasteiger partial charge in [0.15, 0.2) is 11.5 Å². The third-order valence-corrected chi connectivity index (χ3v) is 4.54. The number of nitrogens with one attached hydrogen (secondary N) is 2. The van der Waals surface area contributed by atoms with Crippen molar-refractivity contribution in [3.8, 4) is 11.5 Å². The van der Waals surface area contributed by atoms with Crippen LogP contribution in [0.2, 0.25) is 0 Å². The summed E-state index contributed by atoms with van der Waals surface area (Å²) in [6.07, 6.45) is 4.65. The molecule has 1 aliphatic rings. The summed E-state index contributed by atoms with van der Waals surface area (Å²) in [5.41, 5.74) is 2.83. The Bertz CT molecular complexity index is 967. The molecule has 4 rings (SSSR count). The minimum atomic E-state index is -0.246. The predicted octanol–water partition coefficient (Wildman–Crippen LogP) is 3.19. The van der Waals surface area contributed by atoms with Crippen LogP contribution in [0.3, 0.4) is 0 Å². The molecule has 27 heavy (non-hydrogen) atoms. The van der Waals surface area contributed by atoms with Crippen LogP contribution >= 0.6 is 0 Å². The van der Waals surface area contributed by atoms with E-state index in [1.165, 1.54) is 5.56 Å². The molecular formula is C20H22N4O3. The van der Waals surface area contributed by atoms with Gasteiger partial charge in [0.1, 0.15) is 18.9 Å². The number of anilines is 1. The number of fused-ring (bicyclic) bond motifs is 2. The lowest BCUT2D eigenvalue weighted by Gasteiger charge is -2.19. The SMILES string of the molecule is CCn1cc(CCNC(=O)Nc2ccc3c(c2)OCCO3)c2cccnc21. The Morgan fingerprint density at radius 2 is 2.07 bits per heavy atom. The lowest BCUT2D eigenvalue weighted by atomic mass is 10.1. The van der Waals surface area contributed by atoms with Crippen molar-refractivity contribution < 1.29 is 14.3 Å². The summed E-state index contributed by atoms with van der Waals surface area (Å²) in [7, 11) is 0. The minimum Gasteiger partial charge on any atom is -0.486 e. The summed E-state index contributed by atoms with van der Waals surface area (Å²) < 4.78 is 13.1. The van der Waals surface area contributed by atoms with E-state index in [9.17, 15) is 4.79 Å². The van der Waals surface area contributed by atoms with E-state index in [1.807, 2.05) is 6.07 Å². The van der Waals surface area contributed by atoms with Crippen molar-refractivity contribution in [2.24, 2.45) is 0 Å². The van der Waals surface area contributed by atoms with Crippen LogP contribution in [0.25, 0.3) is 11.0 Å². The number of urea groups is 1. The first-order valence-corrected chi connectivity index (χ1v) is 9.12. The van der Waals surface area contributed by atoms with Gasteiger partial charge in [-0.1, -0.05) is 0 Å². The molecular weight excluding hydrogens is 344 g/mol. The van der Waals surface area contributed by atoms with Gasteiger partial charge < -0.3 is 24.7 Å². The largest absolute Gasteiger partial charge is 0.486 e. The van der Waals surface area contributed by atoms with E-state index in [4.69, 9.17) is 9.47 Å². The molecule has 0 bridgehead atoms. The highest BCUT2D eigenvalue weighted by molar-refractivity contribution is 5.89. The molecule has 0 atom stereocenters. The van der Waals surface area contributed by atoms with Gasteiger partial charge >= 0.3 is 6.03 Å². The second-order valence-corrected chi connectivity index (χ2v) is 6.30. The first kappa shape index (κ1) is 17.2. The number of aryl methyl sites for hydroxylation is 1. The molecule has 140 valence electrons. The van der Waals surface area contributed by atoms with Gasteiger partial charge in [0.2, 0.25) is 0 Å². The molecule has 0 saturated carbocycles. The zero-order valence-electron chi connectivity index (χ0n) is 15.2. The summed E-state index contributed by atoms with van der Waals surface area (Å²) in [6, 6.07) is 9.13. The van der Waals surface area contributed by atoms with Gasteiger partial charge in [-0.3, -0.25) is 0 Å². The third-order valence-electron chi connectivity index (χ3n) is 4.54. The number of ether oxygens (including phenoxy) is 2. The fourth-order valence-electron chi connectivity index (χ4n) is 3.24. The van der Waals surface area contributed by atoms with Gasteiger partial charge in [-0.25, -0.2) is 9.78 Å². The summed E-state index contributed by atoms with van der Waals surface area (Å²) in [5.74, 6) is 1.35. The van der Waals surface area contributed by atoms with Crippen molar-refractivity contribution in [3.63, 3.8) is 0 Å². The first-order valence-electron chi connectivity index (χ1n) is 9.12. The molecule has 7 nitrogen and oxygen atoms in total. The lowest BCUT2D eigenvalue weighted by molar-refractivity contribution is 0.171. The predicted molar refractivity (Wildman–Crippen MR) is 104 cm³/mol. The molecule has 0 fully saturated rings. The van der Waals surface area contributed by atoms with Crippen LogP contribution < -0.4 is 20.1 Å². The Balaban J connectivity index is 1.35. The second kappa shape index (κ2) is 7.57. The van der Waals surface area contributed by atoms with Crippen LogP contribution in [0.4, 0.5) is 10.5 Å². The van der Waals surface area contributed by atoms with Crippen molar-refractivity contribution in [2.45, 2.75) is 19.9 Å². The highest BCUT2D eigenvalue weighted by atomic mass is 16.6. The van der Waals surface area contributed by atoms with Crippen LogP contribution in [0.5, 0.6) is 11.5 Å². The number of hydrogen-bond acceptors (Lipinski definition) is 4. The third kappa shape index (κ3) is 3.67. The Kier molecular flexibility index (Phi) is 4.82. The van der Waals surface area contributed by atoms with Crippen LogP contribution in [-0.2, 0) is 13.0 Å². The van der Waals surface area contributed by atoms with Gasteiger partial charge in [0.05, 0.1) is 0 Å². The number of amides is 2. The summed E-state index contributed by atoms with van der Waals surface area (Å²) in [6.45, 7) is 4.56. The van der Waals surface area contributed by atoms with E-state index in [0.29, 0.717) is 36.9 Å². The van der Waals surface area contributed by atoms with E-state index in [-0.39, 0.29) is 6.03 Å². The van der Waals surface area contributed by atoms with E-state index in [0.717, 1.165) is 24.0 Å². The monoisotopic (exact) mass is 366 g/mol. The van der Waals surface area contributed by atoms with Gasteiger partial charge in [0, 0.05) is 42.6 Å². The zero-order chi connectivity index (χ0) is 18.6. The number of aromatic nitrogens is 2. The summed E-state index contributed by atoms with van der Waals surface area (Å²) in [5, 5.41) is 6.86. The number of nitrogens with zero attached hydrogens (tertiary/aromatic N) is 2. The molecule has 0 aliphatic carbocycles. The second-order valence-electron chi connectivity index (χ2n) is 6.30. The Morgan fingerprint density at radius 3 is 2.93 bits per heavy atom. The Labute approximate surface area is 157 Å². The van der Waals surface area contributed by atoms with E-state index in [1.54, 1.807) is 24.4 Å². The summed E-state index contributed by atoms with van der Waals surface area (Å²) in [4.78, 5) is 16.6. The van der Waals surface area contributed by atoms with Gasteiger partial charge in [-0.05, 0) is 43.2 Å². The molecule has 3 aromatic rings. The minimum absolute atomic E-state index is 0.246. The standard InChI is InChI=1S/C20H22N4O3/c1-2-24-13-14(16-4-3-8-21-19(16)24)7-9-22-20(25)23-15-5-6-17-18(12-15)27-11-10-26-17/h3-6,8,12-13H,2,7,9-11H2,1H3,(H2,22,23,25). The van der Waals surface area contributed by atoms with Crippen molar-refractivity contribution in [1.82, 2.24) is 14.9 Å². The fraction of sp³-hybridized carbons (Fsp3) is 0.300. The maximum atomic E-state index is 12.2. The zero-order valence-corrected chi connectivity index (χ0v) is 15.2. The summed E-state index contributed by atoms with van der Waals surface area (Å²) >= 11 is 0. The van der Waals surface area contributed by atoms with Crippen LogP contribution in [-0.4, -0.2) is 35.3 Å². The van der Waals surface area contributed by atoms with Crippen molar-refractivity contribution in [3.05, 3.63) is 48.3 Å². The van der Waals surface area contributed by atoms with Crippen molar-refractivity contribution in [2.75, 3.05) is 25.1 Å². The maximum absolute atomic E-state index is 12.2. The van der Waals surface area contributed by atoms with Crippen molar-refractivity contribution >= 4 is 22.8 Å². The van der Waals surface area contributed by atoms with Crippen molar-refractivity contribution in [1.29, 1.82) is 0 Å². The first-order chi connectivity index (χ1) is 13.2. The number of benzene rings is 1. The molecule has 3 heterocycles. The van der Waals surface area contributed by atoms with Crippen LogP contribution in [0.15, 0.2) is 42.7 Å². The molecule has 7 heteroatoms. The highest BCUT2D eigenvalue weighted by Crippen LogP contribution is 2.32. The molecule has 0 unspecified atom stereocenters. The molecule has 2 N–H and O–H groups in total. The Morgan fingerprint density at radius 1 is 1.22 bits per heavy atom. The molecule has 0 radical (unpaired) electrons. The molecule has 1 aliphatic heterocycles. The van der Waals surface area contributed by atoms with Crippen LogP contribution in [0.1, 0.15) is 12.5 Å². The smallest absolute Gasteiger partial charge is 0.319 e. The van der Waals surface area contributed by atoms with Gasteiger partial charge in [-0.2, -0.15) is 0 Å². The van der Waals surface area contributed by atoms with E-state index in [2.05, 4.69) is 39.4 Å². The number of hydrogen-bond donors (Lipinski definition) is 2. The van der Waals surface area contributed by atoms with Crippen LogP contribution in [0, 0.1) is 0 Å². The maximum Gasteiger partial charge on any atom is 0.319 e. The topological polar surface area (TPSA) is 77.4 Å². The number of pyridine rings is 1.